The van der Waals surface area contributed by atoms with Crippen LogP contribution in [0.3, 0.4) is 0 Å². The largest absolute Gasteiger partial charge is 0.371 e. The minimum Gasteiger partial charge on any atom is -0.371 e. The van der Waals surface area contributed by atoms with Crippen LogP contribution in [0, 0.1) is 10.1 Å². The summed E-state index contributed by atoms with van der Waals surface area (Å²) in [4.78, 5) is 42.5. The van der Waals surface area contributed by atoms with Gasteiger partial charge < -0.3 is 15.5 Å². The van der Waals surface area contributed by atoms with Crippen molar-refractivity contribution in [1.29, 1.82) is 0 Å². The number of carbonyl (C=O) groups is 2. The number of pyridine rings is 1. The summed E-state index contributed by atoms with van der Waals surface area (Å²) >= 11 is 5.84. The second-order valence-corrected chi connectivity index (χ2v) is 8.25. The highest BCUT2D eigenvalue weighted by atomic mass is 35.5. The minimum absolute atomic E-state index is 0.0518. The van der Waals surface area contributed by atoms with Crippen molar-refractivity contribution in [1.82, 2.24) is 10.3 Å². The first-order valence-electron chi connectivity index (χ1n) is 10.7. The van der Waals surface area contributed by atoms with Crippen LogP contribution in [-0.2, 0) is 6.54 Å². The van der Waals surface area contributed by atoms with E-state index in [2.05, 4.69) is 20.5 Å². The number of nitro benzene ring substituents is 1. The van der Waals surface area contributed by atoms with E-state index in [0.29, 0.717) is 17.8 Å². The van der Waals surface area contributed by atoms with Crippen LogP contribution in [0.25, 0.3) is 0 Å². The maximum absolute atomic E-state index is 13.1. The third kappa shape index (κ3) is 5.32. The number of hydrogen-bond donors (Lipinski definition) is 2. The van der Waals surface area contributed by atoms with Crippen LogP contribution < -0.4 is 15.5 Å². The van der Waals surface area contributed by atoms with Crippen molar-refractivity contribution in [2.24, 2.45) is 0 Å². The molecule has 0 aliphatic carbocycles. The maximum Gasteiger partial charge on any atom is 0.288 e. The molecule has 0 saturated carbocycles. The van der Waals surface area contributed by atoms with E-state index in [0.717, 1.165) is 43.2 Å². The maximum atomic E-state index is 13.1. The quantitative estimate of drug-likeness (QED) is 0.382. The van der Waals surface area contributed by atoms with Crippen LogP contribution in [0.2, 0.25) is 5.02 Å². The van der Waals surface area contributed by atoms with Crippen molar-refractivity contribution in [3.63, 3.8) is 0 Å². The van der Waals surface area contributed by atoms with Crippen LogP contribution in [0.5, 0.6) is 0 Å². The number of carbonyl (C=O) groups excluding carboxylic acids is 2. The summed E-state index contributed by atoms with van der Waals surface area (Å²) in [5.41, 5.74) is 2.23. The monoisotopic (exact) mass is 479 g/mol. The molecule has 0 unspecified atom stereocenters. The molecule has 0 bridgehead atoms. The van der Waals surface area contributed by atoms with E-state index in [4.69, 9.17) is 11.6 Å². The second kappa shape index (κ2) is 10.3. The molecule has 2 heterocycles. The first kappa shape index (κ1) is 23.2. The fourth-order valence-corrected chi connectivity index (χ4v) is 3.99. The molecule has 1 aromatic heterocycles. The highest BCUT2D eigenvalue weighted by molar-refractivity contribution is 6.32. The number of amides is 2. The Morgan fingerprint density at radius 1 is 1.09 bits per heavy atom. The summed E-state index contributed by atoms with van der Waals surface area (Å²) in [6.45, 7) is 2.02. The second-order valence-electron chi connectivity index (χ2n) is 7.85. The predicted octanol–water partition coefficient (Wildman–Crippen LogP) is 4.43. The SMILES string of the molecule is O=C(Nc1ccc(N2CCCC2)c(C(=O)NCc2cccnc2)c1)c1ccc(Cl)c([N+](=O)[O-])c1. The molecule has 4 rings (SSSR count). The van der Waals surface area contributed by atoms with E-state index in [1.54, 1.807) is 30.6 Å². The number of nitrogens with zero attached hydrogens (tertiary/aromatic N) is 3. The summed E-state index contributed by atoms with van der Waals surface area (Å²) in [6.07, 6.45) is 5.44. The van der Waals surface area contributed by atoms with Gasteiger partial charge in [0, 0.05) is 55.0 Å². The molecule has 2 amide bonds. The predicted molar refractivity (Wildman–Crippen MR) is 129 cm³/mol. The van der Waals surface area contributed by atoms with Gasteiger partial charge in [0.05, 0.1) is 10.5 Å². The van der Waals surface area contributed by atoms with Gasteiger partial charge in [-0.15, -0.1) is 0 Å². The summed E-state index contributed by atoms with van der Waals surface area (Å²) in [7, 11) is 0. The first-order valence-corrected chi connectivity index (χ1v) is 11.1. The molecule has 0 atom stereocenters. The Balaban J connectivity index is 1.57. The van der Waals surface area contributed by atoms with Crippen molar-refractivity contribution in [2.75, 3.05) is 23.3 Å². The van der Waals surface area contributed by atoms with E-state index < -0.39 is 10.8 Å². The Labute approximate surface area is 200 Å². The van der Waals surface area contributed by atoms with Crippen molar-refractivity contribution in [3.8, 4) is 0 Å². The van der Waals surface area contributed by atoms with Gasteiger partial charge >= 0.3 is 0 Å². The number of anilines is 2. The molecule has 1 fully saturated rings. The lowest BCUT2D eigenvalue weighted by Crippen LogP contribution is -2.27. The number of aromatic nitrogens is 1. The molecule has 34 heavy (non-hydrogen) atoms. The van der Waals surface area contributed by atoms with Crippen LogP contribution in [0.4, 0.5) is 17.1 Å². The highest BCUT2D eigenvalue weighted by Crippen LogP contribution is 2.29. The van der Waals surface area contributed by atoms with E-state index in [1.807, 2.05) is 12.1 Å². The van der Waals surface area contributed by atoms with Gasteiger partial charge in [-0.2, -0.15) is 0 Å². The van der Waals surface area contributed by atoms with E-state index in [-0.39, 0.29) is 22.2 Å². The van der Waals surface area contributed by atoms with Crippen molar-refractivity contribution in [3.05, 3.63) is 92.8 Å². The third-order valence-electron chi connectivity index (χ3n) is 5.53. The van der Waals surface area contributed by atoms with Gasteiger partial charge in [-0.05, 0) is 54.8 Å². The molecule has 1 aliphatic rings. The lowest BCUT2D eigenvalue weighted by molar-refractivity contribution is -0.384. The zero-order valence-corrected chi connectivity index (χ0v) is 18.9. The molecule has 2 N–H and O–H groups in total. The number of nitro groups is 1. The smallest absolute Gasteiger partial charge is 0.288 e. The molecule has 1 saturated heterocycles. The van der Waals surface area contributed by atoms with Crippen molar-refractivity contribution >= 4 is 40.5 Å². The molecular formula is C24H22ClN5O4. The normalized spacial score (nSPS) is 12.9. The van der Waals surface area contributed by atoms with Gasteiger partial charge in [0.15, 0.2) is 0 Å². The van der Waals surface area contributed by atoms with Crippen molar-refractivity contribution < 1.29 is 14.5 Å². The van der Waals surface area contributed by atoms with Crippen LogP contribution in [-0.4, -0.2) is 34.8 Å². The average Bonchev–Trinajstić information content (AvgIpc) is 3.38. The fourth-order valence-electron chi connectivity index (χ4n) is 3.81. The standard InChI is InChI=1S/C24H22ClN5O4/c25-20-7-5-17(12-22(20)30(33)34)23(31)28-18-6-8-21(29-10-1-2-11-29)19(13-18)24(32)27-15-16-4-3-9-26-14-16/h3-9,12-14H,1-2,10-11,15H2,(H,27,32)(H,28,31). The van der Waals surface area contributed by atoms with Gasteiger partial charge in [0.1, 0.15) is 5.02 Å². The summed E-state index contributed by atoms with van der Waals surface area (Å²) in [5, 5.41) is 16.7. The van der Waals surface area contributed by atoms with Crippen molar-refractivity contribution in [2.45, 2.75) is 19.4 Å². The fraction of sp³-hybridized carbons (Fsp3) is 0.208. The van der Waals surface area contributed by atoms with E-state index in [1.165, 1.54) is 12.1 Å². The number of hydrogen-bond acceptors (Lipinski definition) is 6. The molecule has 3 aromatic rings. The lowest BCUT2D eigenvalue weighted by atomic mass is 10.1. The van der Waals surface area contributed by atoms with Gasteiger partial charge in [0.25, 0.3) is 17.5 Å². The van der Waals surface area contributed by atoms with Gasteiger partial charge in [-0.25, -0.2) is 0 Å². The molecule has 0 spiro atoms. The Kier molecular flexibility index (Phi) is 7.03. The zero-order chi connectivity index (χ0) is 24.1. The number of nitrogens with one attached hydrogen (secondary N) is 2. The van der Waals surface area contributed by atoms with Gasteiger partial charge in [-0.3, -0.25) is 24.7 Å². The molecule has 174 valence electrons. The number of rotatable bonds is 7. The Morgan fingerprint density at radius 3 is 2.59 bits per heavy atom. The third-order valence-corrected chi connectivity index (χ3v) is 5.85. The molecule has 9 nitrogen and oxygen atoms in total. The molecule has 0 radical (unpaired) electrons. The summed E-state index contributed by atoms with van der Waals surface area (Å²) in [6, 6.07) is 12.7. The molecule has 10 heteroatoms. The van der Waals surface area contributed by atoms with Crippen LogP contribution in [0.15, 0.2) is 60.9 Å². The van der Waals surface area contributed by atoms with Crippen LogP contribution in [0.1, 0.15) is 39.1 Å². The van der Waals surface area contributed by atoms with E-state index in [9.17, 15) is 19.7 Å². The first-order chi connectivity index (χ1) is 16.4. The highest BCUT2D eigenvalue weighted by Gasteiger charge is 2.21. The Hall–Kier alpha value is -3.98. The Bertz CT molecular complexity index is 1230. The molecule has 2 aromatic carbocycles. The summed E-state index contributed by atoms with van der Waals surface area (Å²) in [5.74, 6) is -0.820. The van der Waals surface area contributed by atoms with Crippen LogP contribution >= 0.6 is 11.6 Å². The Morgan fingerprint density at radius 2 is 1.88 bits per heavy atom. The number of halogens is 1. The zero-order valence-electron chi connectivity index (χ0n) is 18.2. The van der Waals surface area contributed by atoms with E-state index >= 15 is 0 Å². The average molecular weight is 480 g/mol. The molecule has 1 aliphatic heterocycles. The van der Waals surface area contributed by atoms with Gasteiger partial charge in [0.2, 0.25) is 0 Å². The summed E-state index contributed by atoms with van der Waals surface area (Å²) < 4.78 is 0. The topological polar surface area (TPSA) is 117 Å². The number of benzene rings is 2. The lowest BCUT2D eigenvalue weighted by Gasteiger charge is -2.22. The van der Waals surface area contributed by atoms with Gasteiger partial charge in [-0.1, -0.05) is 17.7 Å². The molecular weight excluding hydrogens is 458 g/mol. The minimum atomic E-state index is -0.644.